The molecule has 2 amide bonds. The normalized spacial score (nSPS) is 19.4. The van der Waals surface area contributed by atoms with Crippen LogP contribution in [0.2, 0.25) is 0 Å². The van der Waals surface area contributed by atoms with Crippen LogP contribution in [0.4, 0.5) is 27.4 Å². The fourth-order valence-corrected chi connectivity index (χ4v) is 11.1. The number of nitrogens with one attached hydrogen (secondary N) is 4. The van der Waals surface area contributed by atoms with E-state index in [-0.39, 0.29) is 43.7 Å². The third-order valence-electron chi connectivity index (χ3n) is 12.7. The van der Waals surface area contributed by atoms with Crippen molar-refractivity contribution in [3.63, 3.8) is 0 Å². The molecule has 1 aromatic carbocycles. The summed E-state index contributed by atoms with van der Waals surface area (Å²) in [6, 6.07) is 8.15. The minimum absolute atomic E-state index is 0. The molecule has 6 heterocycles. The van der Waals surface area contributed by atoms with Crippen LogP contribution in [0.25, 0.3) is 20.4 Å². The molecule has 72 heavy (non-hydrogen) atoms. The first-order valence-electron chi connectivity index (χ1n) is 24.1. The van der Waals surface area contributed by atoms with Crippen LogP contribution in [0.3, 0.4) is 0 Å². The SMILES string of the molecule is C.COC1CCC(Oc2ncccc2Nc2ncnc3sc(C(=O)NCCCN(C)C)c(C)c23)CC1.Cc1c(C(=O)NCCCN(C)C)sc2ncnc(Nc3ccc(F)cc3OC3C[C@@H]4OCO[C@@H]4C3)c12. The van der Waals surface area contributed by atoms with E-state index in [1.165, 1.54) is 47.5 Å². The summed E-state index contributed by atoms with van der Waals surface area (Å²) in [5.41, 5.74) is 2.98. The summed E-state index contributed by atoms with van der Waals surface area (Å²) in [5.74, 6) is 1.51. The van der Waals surface area contributed by atoms with Gasteiger partial charge in [0.2, 0.25) is 5.88 Å². The minimum Gasteiger partial charge on any atom is -0.488 e. The standard InChI is InChI=1S/C25H30FN5O4S.C25H34N6O3S.CH4/c1-14-21-23(28-12-29-25(21)36-22(14)24(32)27-7-4-8-31(2)3)30-17-6-5-15(26)9-18(17)35-16-10-19-20(11-16)34-13-33-19;1-16-20-22(28-15-29-25(20)35-21(16)23(32)26-13-6-14-31(2)3)30-19-7-5-12-27-24(19)34-18-10-8-17(33-4)9-11-18;/h5-6,9,12,16,19-20H,4,7-8,10-11,13H2,1-3H3,(H,27,32)(H,28,29,30);5,7,12,15,17-18H,6,8-11,13-14H2,1-4H3,(H,26,32)(H,28,29,30);1H4/t16?,19-,20+;;. The minimum atomic E-state index is -0.394. The molecule has 2 aliphatic carbocycles. The number of anilines is 4. The zero-order chi connectivity index (χ0) is 50.0. The number of pyridine rings is 1. The van der Waals surface area contributed by atoms with E-state index in [0.717, 1.165) is 84.0 Å². The Morgan fingerprint density at radius 1 is 0.722 bits per heavy atom. The molecule has 0 radical (unpaired) electrons. The first-order valence-corrected chi connectivity index (χ1v) is 25.7. The van der Waals surface area contributed by atoms with Crippen LogP contribution in [-0.2, 0) is 14.2 Å². The summed E-state index contributed by atoms with van der Waals surface area (Å²) < 4.78 is 43.2. The van der Waals surface area contributed by atoms with Crippen LogP contribution in [0, 0.1) is 19.7 Å². The van der Waals surface area contributed by atoms with Gasteiger partial charge in [0.15, 0.2) is 0 Å². The number of ether oxygens (including phenoxy) is 5. The van der Waals surface area contributed by atoms with Gasteiger partial charge in [-0.25, -0.2) is 29.3 Å². The highest BCUT2D eigenvalue weighted by Crippen LogP contribution is 2.40. The van der Waals surface area contributed by atoms with E-state index >= 15 is 0 Å². The lowest BCUT2D eigenvalue weighted by molar-refractivity contribution is 0.0123. The third-order valence-corrected chi connectivity index (χ3v) is 15.1. The molecule has 3 aliphatic rings. The lowest BCUT2D eigenvalue weighted by atomic mass is 9.95. The van der Waals surface area contributed by atoms with E-state index < -0.39 is 5.82 Å². The van der Waals surface area contributed by atoms with Gasteiger partial charge in [-0.1, -0.05) is 7.43 Å². The smallest absolute Gasteiger partial charge is 0.261 e. The van der Waals surface area contributed by atoms with Gasteiger partial charge in [-0.2, -0.15) is 0 Å². The summed E-state index contributed by atoms with van der Waals surface area (Å²) >= 11 is 2.71. The number of carbonyl (C=O) groups is 2. The predicted octanol–water partition coefficient (Wildman–Crippen LogP) is 8.64. The van der Waals surface area contributed by atoms with Crippen molar-refractivity contribution in [3.8, 4) is 11.6 Å². The number of amides is 2. The Bertz CT molecular complexity index is 2760. The summed E-state index contributed by atoms with van der Waals surface area (Å²) in [6.45, 7) is 7.19. The molecule has 388 valence electrons. The molecular weight excluding hydrogens is 962 g/mol. The lowest BCUT2D eigenvalue weighted by Gasteiger charge is -2.28. The average Bonchev–Trinajstić information content (AvgIpc) is 4.14. The first-order chi connectivity index (χ1) is 34.3. The van der Waals surface area contributed by atoms with Gasteiger partial charge in [-0.3, -0.25) is 9.59 Å². The Morgan fingerprint density at radius 3 is 1.81 bits per heavy atom. The second kappa shape index (κ2) is 25.3. The van der Waals surface area contributed by atoms with Crippen LogP contribution in [-0.4, -0.2) is 145 Å². The molecule has 18 nitrogen and oxygen atoms in total. The number of methoxy groups -OCH3 is 1. The molecule has 1 aliphatic heterocycles. The number of hydrogen-bond donors (Lipinski definition) is 4. The molecule has 0 bridgehead atoms. The lowest BCUT2D eigenvalue weighted by Crippen LogP contribution is -2.28. The second-order valence-corrected chi connectivity index (χ2v) is 20.5. The van der Waals surface area contributed by atoms with Crippen LogP contribution in [0.5, 0.6) is 11.6 Å². The number of aryl methyl sites for hydroxylation is 2. The maximum absolute atomic E-state index is 14.1. The summed E-state index contributed by atoms with van der Waals surface area (Å²) in [6.07, 6.45) is 12.0. The highest BCUT2D eigenvalue weighted by atomic mass is 32.1. The second-order valence-electron chi connectivity index (χ2n) is 18.5. The van der Waals surface area contributed by atoms with Crippen molar-refractivity contribution >= 4 is 77.9 Å². The van der Waals surface area contributed by atoms with Gasteiger partial charge in [0.25, 0.3) is 11.8 Å². The van der Waals surface area contributed by atoms with Crippen molar-refractivity contribution in [2.75, 3.05) is 78.9 Å². The van der Waals surface area contributed by atoms with Gasteiger partial charge >= 0.3 is 0 Å². The Kier molecular flexibility index (Phi) is 19.0. The Balaban J connectivity index is 0.000000208. The number of nitrogens with zero attached hydrogens (tertiary/aromatic N) is 7. The fourth-order valence-electron chi connectivity index (χ4n) is 8.96. The first kappa shape index (κ1) is 54.1. The number of aromatic nitrogens is 5. The molecule has 1 unspecified atom stereocenters. The van der Waals surface area contributed by atoms with E-state index in [1.807, 2.05) is 54.2 Å². The van der Waals surface area contributed by atoms with Gasteiger partial charge in [0.05, 0.1) is 44.5 Å². The zero-order valence-corrected chi connectivity index (χ0v) is 43.0. The highest BCUT2D eigenvalue weighted by Gasteiger charge is 2.41. The van der Waals surface area contributed by atoms with Gasteiger partial charge in [-0.05, 0) is 129 Å². The van der Waals surface area contributed by atoms with Crippen molar-refractivity contribution in [1.29, 1.82) is 0 Å². The molecule has 5 aromatic heterocycles. The van der Waals surface area contributed by atoms with Gasteiger partial charge < -0.3 is 54.8 Å². The molecule has 6 aromatic rings. The number of hydrogen-bond acceptors (Lipinski definition) is 18. The number of fused-ring (bicyclic) bond motifs is 3. The van der Waals surface area contributed by atoms with Crippen molar-refractivity contribution < 1.29 is 37.7 Å². The van der Waals surface area contributed by atoms with Crippen LogP contribution in [0.15, 0.2) is 49.2 Å². The molecule has 3 fully saturated rings. The largest absolute Gasteiger partial charge is 0.488 e. The molecule has 0 spiro atoms. The predicted molar refractivity (Wildman–Crippen MR) is 281 cm³/mol. The van der Waals surface area contributed by atoms with Crippen LogP contribution < -0.4 is 30.7 Å². The van der Waals surface area contributed by atoms with Crippen LogP contribution in [0.1, 0.15) is 89.3 Å². The molecule has 9 rings (SSSR count). The van der Waals surface area contributed by atoms with E-state index in [1.54, 1.807) is 19.4 Å². The fraction of sp³-hybridized carbons (Fsp3) is 0.510. The molecule has 1 saturated heterocycles. The Labute approximate surface area is 428 Å². The maximum atomic E-state index is 14.1. The molecule has 2 saturated carbocycles. The van der Waals surface area contributed by atoms with E-state index in [2.05, 4.69) is 56.0 Å². The number of thiophene rings is 2. The molecule has 21 heteroatoms. The Morgan fingerprint density at radius 2 is 1.26 bits per heavy atom. The van der Waals surface area contributed by atoms with Gasteiger partial charge in [0.1, 0.15) is 70.2 Å². The maximum Gasteiger partial charge on any atom is 0.261 e. The number of rotatable bonds is 19. The van der Waals surface area contributed by atoms with Gasteiger partial charge in [0, 0.05) is 45.3 Å². The van der Waals surface area contributed by atoms with Crippen molar-refractivity contribution in [2.24, 2.45) is 0 Å². The van der Waals surface area contributed by atoms with Crippen molar-refractivity contribution in [1.82, 2.24) is 45.4 Å². The number of benzene rings is 1. The number of halogens is 1. The van der Waals surface area contributed by atoms with E-state index in [0.29, 0.717) is 82.4 Å². The number of carbonyl (C=O) groups excluding carboxylic acids is 2. The molecular formula is C51H68FN11O7S2. The summed E-state index contributed by atoms with van der Waals surface area (Å²) in [5, 5.41) is 14.3. The summed E-state index contributed by atoms with van der Waals surface area (Å²) in [4.78, 5) is 54.8. The summed E-state index contributed by atoms with van der Waals surface area (Å²) in [7, 11) is 9.82. The Hall–Kier alpha value is -5.68. The highest BCUT2D eigenvalue weighted by molar-refractivity contribution is 7.21. The van der Waals surface area contributed by atoms with Crippen molar-refractivity contribution in [2.45, 2.75) is 103 Å². The molecule has 4 N–H and O–H groups in total. The third kappa shape index (κ3) is 13.5. The zero-order valence-electron chi connectivity index (χ0n) is 41.4. The average molecular weight is 1030 g/mol. The van der Waals surface area contributed by atoms with E-state index in [4.69, 9.17) is 23.7 Å². The quantitative estimate of drug-likeness (QED) is 0.0562. The topological polar surface area (TPSA) is 199 Å². The van der Waals surface area contributed by atoms with Crippen molar-refractivity contribution in [3.05, 3.63) is 75.9 Å². The van der Waals surface area contributed by atoms with Crippen LogP contribution >= 0.6 is 22.7 Å². The monoisotopic (exact) mass is 1030 g/mol. The van der Waals surface area contributed by atoms with E-state index in [9.17, 15) is 14.0 Å². The molecule has 3 atom stereocenters. The van der Waals surface area contributed by atoms with Gasteiger partial charge in [-0.15, -0.1) is 22.7 Å².